The number of thioether (sulfide) groups is 1. The Morgan fingerprint density at radius 3 is 2.83 bits per heavy atom. The minimum Gasteiger partial charge on any atom is -0.508 e. The molecule has 0 saturated heterocycles. The fourth-order valence-electron chi connectivity index (χ4n) is 2.36. The van der Waals surface area contributed by atoms with Gasteiger partial charge in [0.05, 0.1) is 17.5 Å². The van der Waals surface area contributed by atoms with Crippen molar-refractivity contribution in [2.75, 3.05) is 5.75 Å². The Morgan fingerprint density at radius 1 is 1.50 bits per heavy atom. The van der Waals surface area contributed by atoms with Gasteiger partial charge in [-0.3, -0.25) is 4.79 Å². The summed E-state index contributed by atoms with van der Waals surface area (Å²) in [4.78, 5) is 12.1. The SMILES string of the molecule is C[C@](C#N)(NC(=O)CSc1nnnn1-c1ccc(O)cc1)C1CC1. The fourth-order valence-corrected chi connectivity index (χ4v) is 3.05. The van der Waals surface area contributed by atoms with Crippen LogP contribution in [0.15, 0.2) is 29.4 Å². The van der Waals surface area contributed by atoms with E-state index in [1.165, 1.54) is 28.6 Å². The van der Waals surface area contributed by atoms with Gasteiger partial charge < -0.3 is 10.4 Å². The number of carbonyl (C=O) groups excluding carboxylic acids is 1. The summed E-state index contributed by atoms with van der Waals surface area (Å²) in [7, 11) is 0. The van der Waals surface area contributed by atoms with E-state index >= 15 is 0 Å². The summed E-state index contributed by atoms with van der Waals surface area (Å²) < 4.78 is 1.49. The predicted octanol–water partition coefficient (Wildman–Crippen LogP) is 1.27. The lowest BCUT2D eigenvalue weighted by Gasteiger charge is -2.22. The molecule has 0 aliphatic heterocycles. The highest BCUT2D eigenvalue weighted by atomic mass is 32.2. The van der Waals surface area contributed by atoms with Gasteiger partial charge in [0.25, 0.3) is 0 Å². The maximum absolute atomic E-state index is 12.1. The Balaban J connectivity index is 1.63. The van der Waals surface area contributed by atoms with Crippen LogP contribution in [0.2, 0.25) is 0 Å². The normalized spacial score (nSPS) is 16.2. The van der Waals surface area contributed by atoms with E-state index < -0.39 is 5.54 Å². The molecule has 1 aromatic carbocycles. The molecule has 1 saturated carbocycles. The lowest BCUT2D eigenvalue weighted by atomic mass is 9.98. The van der Waals surface area contributed by atoms with Crippen molar-refractivity contribution in [3.8, 4) is 17.5 Å². The van der Waals surface area contributed by atoms with Crippen molar-refractivity contribution in [1.29, 1.82) is 5.26 Å². The van der Waals surface area contributed by atoms with Crippen LogP contribution in [-0.4, -0.2) is 42.5 Å². The minimum absolute atomic E-state index is 0.114. The monoisotopic (exact) mass is 344 g/mol. The first kappa shape index (κ1) is 16.3. The molecule has 1 aliphatic rings. The topological polar surface area (TPSA) is 117 Å². The minimum atomic E-state index is -0.805. The average Bonchev–Trinajstić information content (AvgIpc) is 3.33. The van der Waals surface area contributed by atoms with E-state index in [2.05, 4.69) is 26.9 Å². The first-order chi connectivity index (χ1) is 11.5. The van der Waals surface area contributed by atoms with Crippen LogP contribution in [0.4, 0.5) is 0 Å². The van der Waals surface area contributed by atoms with E-state index in [1.54, 1.807) is 19.1 Å². The summed E-state index contributed by atoms with van der Waals surface area (Å²) in [5.41, 5.74) is -0.124. The Labute approximate surface area is 142 Å². The average molecular weight is 344 g/mol. The standard InChI is InChI=1S/C15H16N6O2S/c1-15(9-16,10-2-3-10)17-13(23)8-24-14-18-19-20-21(14)11-4-6-12(22)7-5-11/h4-7,10,22H,2-3,8H2,1H3,(H,17,23)/t15-/m1/s1. The maximum Gasteiger partial charge on any atom is 0.231 e. The second kappa shape index (κ2) is 6.49. The number of hydrogen-bond acceptors (Lipinski definition) is 7. The molecular formula is C15H16N6O2S. The van der Waals surface area contributed by atoms with Crippen LogP contribution in [0.1, 0.15) is 19.8 Å². The van der Waals surface area contributed by atoms with Crippen molar-refractivity contribution in [2.45, 2.75) is 30.5 Å². The van der Waals surface area contributed by atoms with Gasteiger partial charge in [-0.25, -0.2) is 0 Å². The van der Waals surface area contributed by atoms with E-state index in [9.17, 15) is 15.2 Å². The molecule has 124 valence electrons. The molecule has 1 atom stereocenters. The van der Waals surface area contributed by atoms with Gasteiger partial charge in [-0.05, 0) is 60.4 Å². The molecule has 1 aromatic heterocycles. The third-order valence-corrected chi connectivity index (χ3v) is 4.81. The quantitative estimate of drug-likeness (QED) is 0.758. The fraction of sp³-hybridized carbons (Fsp3) is 0.400. The highest BCUT2D eigenvalue weighted by Crippen LogP contribution is 2.39. The van der Waals surface area contributed by atoms with Gasteiger partial charge in [-0.1, -0.05) is 11.8 Å². The van der Waals surface area contributed by atoms with E-state index in [1.807, 2.05) is 0 Å². The van der Waals surface area contributed by atoms with Crippen LogP contribution in [0.5, 0.6) is 5.75 Å². The number of benzene rings is 1. The lowest BCUT2D eigenvalue weighted by Crippen LogP contribution is -2.47. The summed E-state index contributed by atoms with van der Waals surface area (Å²) in [6.45, 7) is 1.76. The van der Waals surface area contributed by atoms with Crippen molar-refractivity contribution >= 4 is 17.7 Å². The second-order valence-electron chi connectivity index (χ2n) is 5.81. The molecule has 1 amide bonds. The number of rotatable bonds is 6. The molecule has 0 bridgehead atoms. The Morgan fingerprint density at radius 2 is 2.21 bits per heavy atom. The predicted molar refractivity (Wildman–Crippen MR) is 86.4 cm³/mol. The number of amides is 1. The van der Waals surface area contributed by atoms with Gasteiger partial charge >= 0.3 is 0 Å². The van der Waals surface area contributed by atoms with Crippen LogP contribution in [0.3, 0.4) is 0 Å². The van der Waals surface area contributed by atoms with E-state index in [-0.39, 0.29) is 23.3 Å². The van der Waals surface area contributed by atoms with Crippen LogP contribution in [0.25, 0.3) is 5.69 Å². The molecule has 1 heterocycles. The number of nitrogens with zero attached hydrogens (tertiary/aromatic N) is 5. The molecule has 2 aromatic rings. The number of phenolic OH excluding ortho intramolecular Hbond substituents is 1. The molecule has 3 rings (SSSR count). The summed E-state index contributed by atoms with van der Waals surface area (Å²) in [6, 6.07) is 8.62. The molecule has 0 unspecified atom stereocenters. The van der Waals surface area contributed by atoms with E-state index in [0.717, 1.165) is 12.8 Å². The van der Waals surface area contributed by atoms with Gasteiger partial charge in [0.15, 0.2) is 0 Å². The summed E-state index contributed by atoms with van der Waals surface area (Å²) in [6.07, 6.45) is 1.94. The van der Waals surface area contributed by atoms with E-state index in [4.69, 9.17) is 0 Å². The number of aromatic hydroxyl groups is 1. The Kier molecular flexibility index (Phi) is 4.40. The lowest BCUT2D eigenvalue weighted by molar-refractivity contribution is -0.119. The number of nitrogens with one attached hydrogen (secondary N) is 1. The summed E-state index contributed by atoms with van der Waals surface area (Å²) in [5.74, 6) is 0.272. The van der Waals surface area contributed by atoms with Gasteiger partial charge in [0, 0.05) is 0 Å². The van der Waals surface area contributed by atoms with Crippen molar-refractivity contribution in [3.05, 3.63) is 24.3 Å². The molecule has 1 fully saturated rings. The van der Waals surface area contributed by atoms with Crippen molar-refractivity contribution < 1.29 is 9.90 Å². The van der Waals surface area contributed by atoms with Crippen LogP contribution in [-0.2, 0) is 4.79 Å². The van der Waals surface area contributed by atoms with E-state index in [0.29, 0.717) is 10.8 Å². The number of nitriles is 1. The number of aromatic nitrogens is 4. The molecule has 2 N–H and O–H groups in total. The van der Waals surface area contributed by atoms with Gasteiger partial charge in [-0.2, -0.15) is 9.94 Å². The van der Waals surface area contributed by atoms with Crippen molar-refractivity contribution in [1.82, 2.24) is 25.5 Å². The van der Waals surface area contributed by atoms with Crippen molar-refractivity contribution in [2.24, 2.45) is 5.92 Å². The zero-order valence-electron chi connectivity index (χ0n) is 13.0. The molecule has 24 heavy (non-hydrogen) atoms. The number of tetrazole rings is 1. The maximum atomic E-state index is 12.1. The number of carbonyl (C=O) groups is 1. The second-order valence-corrected chi connectivity index (χ2v) is 6.76. The van der Waals surface area contributed by atoms with Crippen molar-refractivity contribution in [3.63, 3.8) is 0 Å². The summed E-state index contributed by atoms with van der Waals surface area (Å²) >= 11 is 1.19. The molecule has 0 spiro atoms. The smallest absolute Gasteiger partial charge is 0.231 e. The highest BCUT2D eigenvalue weighted by Gasteiger charge is 2.42. The molecule has 1 aliphatic carbocycles. The molecule has 9 heteroatoms. The largest absolute Gasteiger partial charge is 0.508 e. The third-order valence-electron chi connectivity index (χ3n) is 3.89. The van der Waals surface area contributed by atoms with Crippen LogP contribution >= 0.6 is 11.8 Å². The van der Waals surface area contributed by atoms with Gasteiger partial charge in [0.2, 0.25) is 11.1 Å². The number of hydrogen-bond donors (Lipinski definition) is 2. The highest BCUT2D eigenvalue weighted by molar-refractivity contribution is 7.99. The Bertz CT molecular complexity index is 780. The summed E-state index contributed by atoms with van der Waals surface area (Å²) in [5, 5.41) is 33.3. The van der Waals surface area contributed by atoms with Crippen LogP contribution < -0.4 is 5.32 Å². The molecular weight excluding hydrogens is 328 g/mol. The first-order valence-corrected chi connectivity index (χ1v) is 8.43. The number of phenols is 1. The first-order valence-electron chi connectivity index (χ1n) is 7.45. The third kappa shape index (κ3) is 3.49. The molecule has 8 nitrogen and oxygen atoms in total. The van der Waals surface area contributed by atoms with Crippen LogP contribution in [0, 0.1) is 17.2 Å². The molecule has 0 radical (unpaired) electrons. The van der Waals surface area contributed by atoms with Gasteiger partial charge in [-0.15, -0.1) is 5.10 Å². The zero-order chi connectivity index (χ0) is 17.2. The Hall–Kier alpha value is -2.60. The van der Waals surface area contributed by atoms with Gasteiger partial charge in [0.1, 0.15) is 11.3 Å². The zero-order valence-corrected chi connectivity index (χ0v) is 13.8.